The van der Waals surface area contributed by atoms with Crippen molar-refractivity contribution in [1.29, 1.82) is 0 Å². The maximum absolute atomic E-state index is 12.0. The van der Waals surface area contributed by atoms with E-state index >= 15 is 0 Å². The number of nitrogens with zero attached hydrogens (tertiary/aromatic N) is 4. The Bertz CT molecular complexity index is 640. The van der Waals surface area contributed by atoms with Crippen molar-refractivity contribution in [2.24, 2.45) is 5.92 Å². The van der Waals surface area contributed by atoms with Gasteiger partial charge >= 0.3 is 0 Å². The summed E-state index contributed by atoms with van der Waals surface area (Å²) in [4.78, 5) is 20.6. The molecular formula is C15H18N4O3. The molecule has 4 rings (SSSR count). The molecular weight excluding hydrogens is 284 g/mol. The SMILES string of the molecule is O=C(C1CC1)N1CCN(Cc2nc(-c3ccco3)no2)CC1. The summed E-state index contributed by atoms with van der Waals surface area (Å²) in [6.45, 7) is 3.87. The van der Waals surface area contributed by atoms with E-state index in [0.717, 1.165) is 39.0 Å². The first kappa shape index (κ1) is 13.5. The largest absolute Gasteiger partial charge is 0.461 e. The van der Waals surface area contributed by atoms with Crippen LogP contribution in [0, 0.1) is 5.92 Å². The van der Waals surface area contributed by atoms with Crippen LogP contribution >= 0.6 is 0 Å². The first-order chi connectivity index (χ1) is 10.8. The molecule has 7 heteroatoms. The lowest BCUT2D eigenvalue weighted by atomic mass is 10.2. The average molecular weight is 302 g/mol. The van der Waals surface area contributed by atoms with E-state index in [1.54, 1.807) is 18.4 Å². The Balaban J connectivity index is 1.32. The van der Waals surface area contributed by atoms with Crippen LogP contribution in [0.15, 0.2) is 27.3 Å². The first-order valence-electron chi connectivity index (χ1n) is 7.67. The fraction of sp³-hybridized carbons (Fsp3) is 0.533. The van der Waals surface area contributed by atoms with Gasteiger partial charge in [-0.05, 0) is 25.0 Å². The Kier molecular flexibility index (Phi) is 3.42. The zero-order valence-electron chi connectivity index (χ0n) is 12.3. The van der Waals surface area contributed by atoms with E-state index in [0.29, 0.717) is 35.8 Å². The second kappa shape index (κ2) is 5.57. The van der Waals surface area contributed by atoms with Gasteiger partial charge in [-0.3, -0.25) is 9.69 Å². The number of hydrogen-bond acceptors (Lipinski definition) is 6. The van der Waals surface area contributed by atoms with E-state index in [4.69, 9.17) is 8.94 Å². The van der Waals surface area contributed by atoms with Crippen LogP contribution in [0.5, 0.6) is 0 Å². The molecule has 2 aromatic heterocycles. The molecule has 0 aromatic carbocycles. The molecule has 0 atom stereocenters. The minimum Gasteiger partial charge on any atom is -0.461 e. The van der Waals surface area contributed by atoms with Crippen LogP contribution in [0.4, 0.5) is 0 Å². The van der Waals surface area contributed by atoms with Gasteiger partial charge < -0.3 is 13.8 Å². The number of rotatable bonds is 4. The predicted octanol–water partition coefficient (Wildman–Crippen LogP) is 1.38. The second-order valence-electron chi connectivity index (χ2n) is 5.86. The molecule has 0 unspecified atom stereocenters. The molecule has 3 heterocycles. The molecule has 1 aliphatic carbocycles. The number of carbonyl (C=O) groups is 1. The van der Waals surface area contributed by atoms with Crippen LogP contribution < -0.4 is 0 Å². The van der Waals surface area contributed by atoms with Crippen molar-refractivity contribution < 1.29 is 13.7 Å². The molecule has 1 saturated heterocycles. The Morgan fingerprint density at radius 1 is 1.27 bits per heavy atom. The number of aromatic nitrogens is 2. The third-order valence-corrected chi connectivity index (χ3v) is 4.18. The van der Waals surface area contributed by atoms with E-state index in [9.17, 15) is 4.79 Å². The standard InChI is InChI=1S/C15H18N4O3/c20-15(11-3-4-11)19-7-5-18(6-8-19)10-13-16-14(17-22-13)12-2-1-9-21-12/h1-2,9,11H,3-8,10H2. The van der Waals surface area contributed by atoms with E-state index in [1.807, 2.05) is 4.90 Å². The zero-order valence-corrected chi connectivity index (χ0v) is 12.3. The minimum absolute atomic E-state index is 0.304. The van der Waals surface area contributed by atoms with Crippen molar-refractivity contribution in [2.75, 3.05) is 26.2 Å². The van der Waals surface area contributed by atoms with Gasteiger partial charge in [0.05, 0.1) is 12.8 Å². The molecule has 1 saturated carbocycles. The quantitative estimate of drug-likeness (QED) is 0.849. The lowest BCUT2D eigenvalue weighted by Gasteiger charge is -2.34. The van der Waals surface area contributed by atoms with Gasteiger partial charge in [0.25, 0.3) is 0 Å². The number of furan rings is 1. The first-order valence-corrected chi connectivity index (χ1v) is 7.67. The lowest BCUT2D eigenvalue weighted by molar-refractivity contribution is -0.134. The fourth-order valence-corrected chi connectivity index (χ4v) is 2.73. The van der Waals surface area contributed by atoms with Crippen molar-refractivity contribution in [3.05, 3.63) is 24.3 Å². The van der Waals surface area contributed by atoms with Crippen LogP contribution in [0.3, 0.4) is 0 Å². The highest BCUT2D eigenvalue weighted by molar-refractivity contribution is 5.81. The molecule has 0 spiro atoms. The highest BCUT2D eigenvalue weighted by atomic mass is 16.5. The molecule has 2 aromatic rings. The van der Waals surface area contributed by atoms with E-state index in [2.05, 4.69) is 15.0 Å². The second-order valence-corrected chi connectivity index (χ2v) is 5.86. The van der Waals surface area contributed by atoms with Crippen LogP contribution in [-0.4, -0.2) is 52.0 Å². The highest BCUT2D eigenvalue weighted by Gasteiger charge is 2.34. The maximum Gasteiger partial charge on any atom is 0.241 e. The fourth-order valence-electron chi connectivity index (χ4n) is 2.73. The van der Waals surface area contributed by atoms with Gasteiger partial charge in [-0.15, -0.1) is 0 Å². The summed E-state index contributed by atoms with van der Waals surface area (Å²) in [5.74, 6) is 2.29. The van der Waals surface area contributed by atoms with Gasteiger partial charge in [-0.1, -0.05) is 5.16 Å². The average Bonchev–Trinajstić information content (AvgIpc) is 3.05. The smallest absolute Gasteiger partial charge is 0.241 e. The Hall–Kier alpha value is -2.15. The van der Waals surface area contributed by atoms with E-state index < -0.39 is 0 Å². The van der Waals surface area contributed by atoms with Crippen molar-refractivity contribution in [2.45, 2.75) is 19.4 Å². The third-order valence-electron chi connectivity index (χ3n) is 4.18. The normalized spacial score (nSPS) is 19.5. The van der Waals surface area contributed by atoms with Gasteiger partial charge in [0, 0.05) is 32.1 Å². The lowest BCUT2D eigenvalue weighted by Crippen LogP contribution is -2.48. The summed E-state index contributed by atoms with van der Waals surface area (Å²) in [5.41, 5.74) is 0. The maximum atomic E-state index is 12.0. The number of amides is 1. The minimum atomic E-state index is 0.304. The third kappa shape index (κ3) is 2.76. The molecule has 7 nitrogen and oxygen atoms in total. The molecule has 0 N–H and O–H groups in total. The molecule has 116 valence electrons. The predicted molar refractivity (Wildman–Crippen MR) is 76.6 cm³/mol. The molecule has 0 bridgehead atoms. The highest BCUT2D eigenvalue weighted by Crippen LogP contribution is 2.31. The van der Waals surface area contributed by atoms with E-state index in [1.165, 1.54) is 0 Å². The van der Waals surface area contributed by atoms with Crippen molar-refractivity contribution in [1.82, 2.24) is 19.9 Å². The monoisotopic (exact) mass is 302 g/mol. The summed E-state index contributed by atoms with van der Waals surface area (Å²) in [6, 6.07) is 3.60. The van der Waals surface area contributed by atoms with Crippen LogP contribution in [0.25, 0.3) is 11.6 Å². The summed E-state index contributed by atoms with van der Waals surface area (Å²) in [7, 11) is 0. The molecule has 1 amide bonds. The topological polar surface area (TPSA) is 75.6 Å². The van der Waals surface area contributed by atoms with Gasteiger partial charge in [0.2, 0.25) is 17.6 Å². The Morgan fingerprint density at radius 3 is 2.77 bits per heavy atom. The van der Waals surface area contributed by atoms with E-state index in [-0.39, 0.29) is 0 Å². The number of piperazine rings is 1. The summed E-state index contributed by atoms with van der Waals surface area (Å²) >= 11 is 0. The Morgan fingerprint density at radius 2 is 2.09 bits per heavy atom. The Labute approximate surface area is 127 Å². The molecule has 1 aliphatic heterocycles. The van der Waals surface area contributed by atoms with Gasteiger partial charge in [0.1, 0.15) is 0 Å². The van der Waals surface area contributed by atoms with Gasteiger partial charge in [0.15, 0.2) is 5.76 Å². The number of hydrogen-bond donors (Lipinski definition) is 0. The summed E-state index contributed by atoms with van der Waals surface area (Å²) < 4.78 is 10.5. The zero-order chi connectivity index (χ0) is 14.9. The molecule has 2 fully saturated rings. The summed E-state index contributed by atoms with van der Waals surface area (Å²) in [6.07, 6.45) is 3.72. The van der Waals surface area contributed by atoms with Crippen LogP contribution in [0.2, 0.25) is 0 Å². The van der Waals surface area contributed by atoms with Crippen molar-refractivity contribution >= 4 is 5.91 Å². The van der Waals surface area contributed by atoms with Gasteiger partial charge in [-0.2, -0.15) is 4.98 Å². The molecule has 22 heavy (non-hydrogen) atoms. The van der Waals surface area contributed by atoms with Crippen molar-refractivity contribution in [3.8, 4) is 11.6 Å². The van der Waals surface area contributed by atoms with Crippen molar-refractivity contribution in [3.63, 3.8) is 0 Å². The summed E-state index contributed by atoms with van der Waals surface area (Å²) in [5, 5.41) is 3.93. The number of carbonyl (C=O) groups excluding carboxylic acids is 1. The van der Waals surface area contributed by atoms with Crippen LogP contribution in [-0.2, 0) is 11.3 Å². The van der Waals surface area contributed by atoms with Crippen LogP contribution in [0.1, 0.15) is 18.7 Å². The molecule has 2 aliphatic rings. The van der Waals surface area contributed by atoms with Gasteiger partial charge in [-0.25, -0.2) is 0 Å². The molecule has 0 radical (unpaired) electrons.